The fourth-order valence-electron chi connectivity index (χ4n) is 2.82. The van der Waals surface area contributed by atoms with Gasteiger partial charge in [0.05, 0.1) is 6.61 Å². The van der Waals surface area contributed by atoms with Crippen molar-refractivity contribution in [3.63, 3.8) is 0 Å². The molecule has 0 fully saturated rings. The van der Waals surface area contributed by atoms with Crippen LogP contribution in [-0.4, -0.2) is 19.9 Å². The molecule has 0 saturated carbocycles. The molecule has 1 aromatic rings. The summed E-state index contributed by atoms with van der Waals surface area (Å²) in [6.45, 7) is 5.48. The maximum atomic E-state index is 5.88. The lowest BCUT2D eigenvalue weighted by molar-refractivity contribution is 0.267. The number of ether oxygens (including phenoxy) is 2. The Hall–Kier alpha value is -1.52. The molecule has 0 aromatic heterocycles. The molecule has 4 nitrogen and oxygen atoms in total. The highest BCUT2D eigenvalue weighted by Crippen LogP contribution is 2.29. The van der Waals surface area contributed by atoms with Crippen molar-refractivity contribution in [3.8, 4) is 11.5 Å². The van der Waals surface area contributed by atoms with E-state index in [9.17, 15) is 0 Å². The van der Waals surface area contributed by atoms with Crippen LogP contribution in [-0.2, 0) is 0 Å². The SMILES string of the molecule is C=Cc1ccc(OCN)c(OCCCCCCCCCCCCN)c1. The van der Waals surface area contributed by atoms with Gasteiger partial charge < -0.3 is 15.2 Å². The van der Waals surface area contributed by atoms with Gasteiger partial charge in [-0.1, -0.05) is 70.1 Å². The highest BCUT2D eigenvalue weighted by atomic mass is 16.5. The Labute approximate surface area is 153 Å². The van der Waals surface area contributed by atoms with E-state index in [1.165, 1.54) is 57.8 Å². The van der Waals surface area contributed by atoms with E-state index in [4.69, 9.17) is 20.9 Å². The van der Waals surface area contributed by atoms with Crippen LogP contribution < -0.4 is 20.9 Å². The third-order valence-electron chi connectivity index (χ3n) is 4.30. The van der Waals surface area contributed by atoms with Gasteiger partial charge in [-0.3, -0.25) is 5.73 Å². The van der Waals surface area contributed by atoms with Crippen molar-refractivity contribution >= 4 is 6.08 Å². The van der Waals surface area contributed by atoms with Crippen molar-refractivity contribution < 1.29 is 9.47 Å². The first-order valence-electron chi connectivity index (χ1n) is 9.74. The summed E-state index contributed by atoms with van der Waals surface area (Å²) < 4.78 is 11.3. The van der Waals surface area contributed by atoms with Crippen LogP contribution in [0.5, 0.6) is 11.5 Å². The van der Waals surface area contributed by atoms with Gasteiger partial charge in [0.25, 0.3) is 0 Å². The summed E-state index contributed by atoms with van der Waals surface area (Å²) in [7, 11) is 0. The van der Waals surface area contributed by atoms with Crippen LogP contribution in [0, 0.1) is 0 Å². The molecule has 0 radical (unpaired) electrons. The molecule has 4 heteroatoms. The van der Waals surface area contributed by atoms with Gasteiger partial charge in [-0.05, 0) is 37.1 Å². The predicted octanol–water partition coefficient (Wildman–Crippen LogP) is 4.86. The fourth-order valence-corrected chi connectivity index (χ4v) is 2.82. The summed E-state index contributed by atoms with van der Waals surface area (Å²) in [4.78, 5) is 0. The molecule has 25 heavy (non-hydrogen) atoms. The number of unbranched alkanes of at least 4 members (excludes halogenated alkanes) is 9. The van der Waals surface area contributed by atoms with Crippen LogP contribution in [0.1, 0.15) is 69.8 Å². The van der Waals surface area contributed by atoms with Crippen LogP contribution >= 0.6 is 0 Å². The van der Waals surface area contributed by atoms with Gasteiger partial charge in [0, 0.05) is 0 Å². The standard InChI is InChI=1S/C21H36N2O2/c1-2-19-13-14-20(25-18-23)21(17-19)24-16-12-10-8-6-4-3-5-7-9-11-15-22/h2,13-14,17H,1,3-12,15-16,18,22-23H2. The summed E-state index contributed by atoms with van der Waals surface area (Å²) in [6, 6.07) is 5.77. The third kappa shape index (κ3) is 10.1. The van der Waals surface area contributed by atoms with E-state index in [2.05, 4.69) is 6.58 Å². The van der Waals surface area contributed by atoms with Crippen molar-refractivity contribution in [2.45, 2.75) is 64.2 Å². The van der Waals surface area contributed by atoms with E-state index >= 15 is 0 Å². The van der Waals surface area contributed by atoms with E-state index in [0.717, 1.165) is 24.3 Å². The minimum absolute atomic E-state index is 0.149. The van der Waals surface area contributed by atoms with Crippen LogP contribution in [0.3, 0.4) is 0 Å². The normalized spacial score (nSPS) is 10.6. The van der Waals surface area contributed by atoms with Crippen molar-refractivity contribution in [2.75, 3.05) is 19.9 Å². The van der Waals surface area contributed by atoms with Gasteiger partial charge in [0.1, 0.15) is 6.73 Å². The van der Waals surface area contributed by atoms with Crippen molar-refractivity contribution in [3.05, 3.63) is 30.3 Å². The monoisotopic (exact) mass is 348 g/mol. The smallest absolute Gasteiger partial charge is 0.163 e. The molecule has 0 aliphatic rings. The molecule has 0 unspecified atom stereocenters. The number of hydrogen-bond donors (Lipinski definition) is 2. The second-order valence-corrected chi connectivity index (χ2v) is 6.39. The van der Waals surface area contributed by atoms with E-state index in [1.54, 1.807) is 6.08 Å². The molecule has 0 spiro atoms. The van der Waals surface area contributed by atoms with Crippen molar-refractivity contribution in [1.82, 2.24) is 0 Å². The Morgan fingerprint density at radius 1 is 0.760 bits per heavy atom. The molecule has 0 aliphatic heterocycles. The molecule has 4 N–H and O–H groups in total. The Morgan fingerprint density at radius 2 is 1.36 bits per heavy atom. The molecular formula is C21H36N2O2. The van der Waals surface area contributed by atoms with Gasteiger partial charge >= 0.3 is 0 Å². The first-order valence-corrected chi connectivity index (χ1v) is 9.74. The second-order valence-electron chi connectivity index (χ2n) is 6.39. The molecule has 1 rings (SSSR count). The Kier molecular flexibility index (Phi) is 12.7. The van der Waals surface area contributed by atoms with Crippen molar-refractivity contribution in [1.29, 1.82) is 0 Å². The lowest BCUT2D eigenvalue weighted by Gasteiger charge is -2.12. The Bertz CT molecular complexity index is 463. The van der Waals surface area contributed by atoms with Gasteiger partial charge in [0.2, 0.25) is 0 Å². The largest absolute Gasteiger partial charge is 0.490 e. The molecule has 0 saturated heterocycles. The molecule has 0 bridgehead atoms. The highest BCUT2D eigenvalue weighted by molar-refractivity contribution is 5.54. The minimum Gasteiger partial charge on any atom is -0.490 e. The zero-order valence-electron chi connectivity index (χ0n) is 15.7. The van der Waals surface area contributed by atoms with E-state index in [-0.39, 0.29) is 6.73 Å². The zero-order chi connectivity index (χ0) is 18.2. The quantitative estimate of drug-likeness (QED) is 0.330. The fraction of sp³-hybridized carbons (Fsp3) is 0.619. The van der Waals surface area contributed by atoms with E-state index < -0.39 is 0 Å². The predicted molar refractivity (Wildman–Crippen MR) is 107 cm³/mol. The van der Waals surface area contributed by atoms with Gasteiger partial charge in [0.15, 0.2) is 11.5 Å². The Morgan fingerprint density at radius 3 is 1.92 bits per heavy atom. The average Bonchev–Trinajstić information content (AvgIpc) is 2.64. The molecule has 142 valence electrons. The number of nitrogens with two attached hydrogens (primary N) is 2. The number of rotatable bonds is 16. The second kappa shape index (κ2) is 14.8. The maximum Gasteiger partial charge on any atom is 0.163 e. The zero-order valence-corrected chi connectivity index (χ0v) is 15.7. The van der Waals surface area contributed by atoms with E-state index in [1.807, 2.05) is 18.2 Å². The highest BCUT2D eigenvalue weighted by Gasteiger charge is 2.05. The first kappa shape index (κ1) is 21.5. The molecule has 0 aliphatic carbocycles. The molecular weight excluding hydrogens is 312 g/mol. The molecule has 0 atom stereocenters. The van der Waals surface area contributed by atoms with Crippen LogP contribution in [0.4, 0.5) is 0 Å². The average molecular weight is 349 g/mol. The summed E-state index contributed by atoms with van der Waals surface area (Å²) in [6.07, 6.45) is 14.5. The van der Waals surface area contributed by atoms with Gasteiger partial charge in [-0.2, -0.15) is 0 Å². The number of benzene rings is 1. The van der Waals surface area contributed by atoms with Gasteiger partial charge in [-0.15, -0.1) is 0 Å². The van der Waals surface area contributed by atoms with E-state index in [0.29, 0.717) is 12.4 Å². The summed E-state index contributed by atoms with van der Waals surface area (Å²) in [5.41, 5.74) is 12.0. The minimum atomic E-state index is 0.149. The maximum absolute atomic E-state index is 5.88. The summed E-state index contributed by atoms with van der Waals surface area (Å²) in [5, 5.41) is 0. The van der Waals surface area contributed by atoms with Crippen LogP contribution in [0.2, 0.25) is 0 Å². The Balaban J connectivity index is 2.08. The number of hydrogen-bond acceptors (Lipinski definition) is 4. The molecule has 0 amide bonds. The summed E-state index contributed by atoms with van der Waals surface area (Å²) in [5.74, 6) is 1.45. The molecule has 0 heterocycles. The summed E-state index contributed by atoms with van der Waals surface area (Å²) >= 11 is 0. The lowest BCUT2D eigenvalue weighted by atomic mass is 10.1. The lowest BCUT2D eigenvalue weighted by Crippen LogP contribution is -2.09. The first-order chi connectivity index (χ1) is 12.3. The van der Waals surface area contributed by atoms with Crippen LogP contribution in [0.25, 0.3) is 6.08 Å². The third-order valence-corrected chi connectivity index (χ3v) is 4.30. The van der Waals surface area contributed by atoms with Gasteiger partial charge in [-0.25, -0.2) is 0 Å². The topological polar surface area (TPSA) is 70.5 Å². The molecule has 1 aromatic carbocycles. The van der Waals surface area contributed by atoms with Crippen molar-refractivity contribution in [2.24, 2.45) is 11.5 Å². The van der Waals surface area contributed by atoms with Crippen LogP contribution in [0.15, 0.2) is 24.8 Å².